The second-order valence-corrected chi connectivity index (χ2v) is 3.34. The number of alkyl halides is 5. The van der Waals surface area contributed by atoms with Gasteiger partial charge in [-0.2, -0.15) is 0 Å². The molecule has 0 amide bonds. The molecule has 0 fully saturated rings. The number of aromatic amines is 1. The van der Waals surface area contributed by atoms with Gasteiger partial charge in [-0.25, -0.2) is 13.6 Å². The summed E-state index contributed by atoms with van der Waals surface area (Å²) in [5.74, 6) is -2.67. The first-order valence-corrected chi connectivity index (χ1v) is 5.14. The van der Waals surface area contributed by atoms with Gasteiger partial charge in [0.1, 0.15) is 5.69 Å². The van der Waals surface area contributed by atoms with Crippen molar-refractivity contribution in [3.05, 3.63) is 27.7 Å². The summed E-state index contributed by atoms with van der Waals surface area (Å²) in [5.41, 5.74) is -4.09. The molecule has 1 heterocycles. The number of nitrogens with one attached hydrogen (secondary N) is 1. The molecule has 1 N–H and O–H groups in total. The van der Waals surface area contributed by atoms with Crippen LogP contribution >= 0.6 is 0 Å². The SMILES string of the molecule is CCOC(=O)c1[nH]cc(OC(F)(F)F)c(=O)c1C(F)F. The minimum Gasteiger partial charge on any atom is -0.461 e. The quantitative estimate of drug-likeness (QED) is 0.685. The van der Waals surface area contributed by atoms with Gasteiger partial charge in [0.15, 0.2) is 5.75 Å². The lowest BCUT2D eigenvalue weighted by Crippen LogP contribution is -2.26. The molecule has 1 rings (SSSR count). The van der Waals surface area contributed by atoms with E-state index < -0.39 is 41.2 Å². The maximum absolute atomic E-state index is 12.7. The molecule has 1 aromatic rings. The molecule has 0 saturated carbocycles. The number of aromatic nitrogens is 1. The van der Waals surface area contributed by atoms with Crippen molar-refractivity contribution in [1.82, 2.24) is 4.98 Å². The van der Waals surface area contributed by atoms with E-state index in [1.807, 2.05) is 4.98 Å². The van der Waals surface area contributed by atoms with Crippen LogP contribution in [0.1, 0.15) is 29.4 Å². The average Bonchev–Trinajstić information content (AvgIpc) is 2.29. The fraction of sp³-hybridized carbons (Fsp3) is 0.400. The van der Waals surface area contributed by atoms with E-state index >= 15 is 0 Å². The first-order valence-electron chi connectivity index (χ1n) is 5.14. The van der Waals surface area contributed by atoms with Crippen LogP contribution in [0.15, 0.2) is 11.0 Å². The van der Waals surface area contributed by atoms with Crippen LogP contribution in [0.25, 0.3) is 0 Å². The van der Waals surface area contributed by atoms with E-state index in [1.54, 1.807) is 0 Å². The Labute approximate surface area is 108 Å². The molecule has 0 atom stereocenters. The first kappa shape index (κ1) is 15.9. The molecule has 0 aromatic carbocycles. The highest BCUT2D eigenvalue weighted by Gasteiger charge is 2.34. The Bertz CT molecular complexity index is 552. The smallest absolute Gasteiger partial charge is 0.461 e. The third kappa shape index (κ3) is 3.68. The Balaban J connectivity index is 3.35. The number of carbonyl (C=O) groups excluding carboxylic acids is 1. The Morgan fingerprint density at radius 2 is 2.00 bits per heavy atom. The Morgan fingerprint density at radius 3 is 2.45 bits per heavy atom. The number of ether oxygens (including phenoxy) is 2. The average molecular weight is 301 g/mol. The highest BCUT2D eigenvalue weighted by atomic mass is 19.4. The van der Waals surface area contributed by atoms with Crippen LogP contribution in [0, 0.1) is 0 Å². The number of pyridine rings is 1. The molecular formula is C10H8F5NO4. The van der Waals surface area contributed by atoms with Gasteiger partial charge in [-0.1, -0.05) is 0 Å². The predicted octanol–water partition coefficient (Wildman–Crippen LogP) is 2.39. The topological polar surface area (TPSA) is 68.4 Å². The van der Waals surface area contributed by atoms with Crippen LogP contribution in [-0.2, 0) is 4.74 Å². The molecule has 0 aliphatic heterocycles. The van der Waals surface area contributed by atoms with Gasteiger partial charge >= 0.3 is 12.3 Å². The molecule has 0 spiro atoms. The van der Waals surface area contributed by atoms with E-state index in [4.69, 9.17) is 0 Å². The molecule has 5 nitrogen and oxygen atoms in total. The fourth-order valence-corrected chi connectivity index (χ4v) is 1.31. The number of hydrogen-bond acceptors (Lipinski definition) is 4. The number of hydrogen-bond donors (Lipinski definition) is 1. The van der Waals surface area contributed by atoms with Crippen molar-refractivity contribution in [2.24, 2.45) is 0 Å². The van der Waals surface area contributed by atoms with Crippen molar-refractivity contribution in [2.75, 3.05) is 6.61 Å². The van der Waals surface area contributed by atoms with Gasteiger partial charge in [0.2, 0.25) is 5.43 Å². The lowest BCUT2D eigenvalue weighted by Gasteiger charge is -2.12. The van der Waals surface area contributed by atoms with Crippen molar-refractivity contribution in [3.63, 3.8) is 0 Å². The minimum absolute atomic E-state index is 0.162. The summed E-state index contributed by atoms with van der Waals surface area (Å²) in [6, 6.07) is 0. The van der Waals surface area contributed by atoms with E-state index in [1.165, 1.54) is 6.92 Å². The third-order valence-corrected chi connectivity index (χ3v) is 2.01. The Morgan fingerprint density at radius 1 is 1.40 bits per heavy atom. The highest BCUT2D eigenvalue weighted by Crippen LogP contribution is 2.24. The van der Waals surface area contributed by atoms with E-state index in [2.05, 4.69) is 9.47 Å². The maximum atomic E-state index is 12.7. The van der Waals surface area contributed by atoms with Gasteiger partial charge in [0.05, 0.1) is 12.2 Å². The monoisotopic (exact) mass is 301 g/mol. The summed E-state index contributed by atoms with van der Waals surface area (Å²) in [5, 5.41) is 0. The van der Waals surface area contributed by atoms with Gasteiger partial charge in [0.25, 0.3) is 6.43 Å². The zero-order valence-corrected chi connectivity index (χ0v) is 9.88. The lowest BCUT2D eigenvalue weighted by molar-refractivity contribution is -0.275. The number of carbonyl (C=O) groups is 1. The summed E-state index contributed by atoms with van der Waals surface area (Å²) >= 11 is 0. The first-order chi connectivity index (χ1) is 9.17. The third-order valence-electron chi connectivity index (χ3n) is 2.01. The molecule has 0 saturated heterocycles. The Kier molecular flexibility index (Phi) is 4.69. The molecule has 0 radical (unpaired) electrons. The van der Waals surface area contributed by atoms with Crippen molar-refractivity contribution >= 4 is 5.97 Å². The second-order valence-electron chi connectivity index (χ2n) is 3.34. The van der Waals surface area contributed by atoms with Crippen molar-refractivity contribution in [1.29, 1.82) is 0 Å². The van der Waals surface area contributed by atoms with Crippen LogP contribution in [0.3, 0.4) is 0 Å². The molecule has 0 bridgehead atoms. The van der Waals surface area contributed by atoms with Gasteiger partial charge in [-0.05, 0) is 6.92 Å². The Hall–Kier alpha value is -2.13. The van der Waals surface area contributed by atoms with Gasteiger partial charge in [0, 0.05) is 6.20 Å². The standard InChI is InChI=1S/C10H8F5NO4/c1-2-19-9(18)6-5(8(11)12)7(17)4(3-16-6)20-10(13,14)15/h3,8H,2H2,1H3,(H,16,17). The summed E-state index contributed by atoms with van der Waals surface area (Å²) in [6.45, 7) is 1.23. The van der Waals surface area contributed by atoms with Crippen molar-refractivity contribution < 1.29 is 36.2 Å². The maximum Gasteiger partial charge on any atom is 0.573 e. The minimum atomic E-state index is -5.22. The summed E-state index contributed by atoms with van der Waals surface area (Å²) < 4.78 is 69.1. The van der Waals surface area contributed by atoms with Gasteiger partial charge in [-0.3, -0.25) is 4.79 Å². The van der Waals surface area contributed by atoms with Crippen molar-refractivity contribution in [3.8, 4) is 5.75 Å². The highest BCUT2D eigenvalue weighted by molar-refractivity contribution is 5.89. The van der Waals surface area contributed by atoms with E-state index in [9.17, 15) is 31.5 Å². The number of esters is 1. The van der Waals surface area contributed by atoms with Crippen LogP contribution < -0.4 is 10.2 Å². The van der Waals surface area contributed by atoms with Crippen LogP contribution in [0.2, 0.25) is 0 Å². The zero-order valence-electron chi connectivity index (χ0n) is 9.88. The molecule has 20 heavy (non-hydrogen) atoms. The molecule has 0 unspecified atom stereocenters. The van der Waals surface area contributed by atoms with Crippen molar-refractivity contribution in [2.45, 2.75) is 19.7 Å². The molecule has 10 heteroatoms. The molecule has 0 aliphatic carbocycles. The summed E-state index contributed by atoms with van der Waals surface area (Å²) in [7, 11) is 0. The predicted molar refractivity (Wildman–Crippen MR) is 54.7 cm³/mol. The van der Waals surface area contributed by atoms with Crippen LogP contribution in [0.5, 0.6) is 5.75 Å². The van der Waals surface area contributed by atoms with E-state index in [-0.39, 0.29) is 6.61 Å². The normalized spacial score (nSPS) is 11.6. The fourth-order valence-electron chi connectivity index (χ4n) is 1.31. The molecule has 0 aliphatic rings. The number of H-pyrrole nitrogens is 1. The summed E-state index contributed by atoms with van der Waals surface area (Å²) in [4.78, 5) is 24.7. The molecule has 112 valence electrons. The number of rotatable bonds is 4. The lowest BCUT2D eigenvalue weighted by atomic mass is 10.2. The largest absolute Gasteiger partial charge is 0.573 e. The second kappa shape index (κ2) is 5.88. The van der Waals surface area contributed by atoms with Crippen LogP contribution in [0.4, 0.5) is 22.0 Å². The summed E-state index contributed by atoms with van der Waals surface area (Å²) in [6.07, 6.45) is -8.33. The van der Waals surface area contributed by atoms with Gasteiger partial charge < -0.3 is 14.5 Å². The zero-order chi connectivity index (χ0) is 15.5. The van der Waals surface area contributed by atoms with Crippen LogP contribution in [-0.4, -0.2) is 23.9 Å². The van der Waals surface area contributed by atoms with Gasteiger partial charge in [-0.15, -0.1) is 13.2 Å². The molecule has 1 aromatic heterocycles. The van der Waals surface area contributed by atoms with E-state index in [0.717, 1.165) is 0 Å². The number of halogens is 5. The molecular weight excluding hydrogens is 293 g/mol. The van der Waals surface area contributed by atoms with E-state index in [0.29, 0.717) is 6.20 Å².